The zero-order valence-corrected chi connectivity index (χ0v) is 11.9. The largest absolute Gasteiger partial charge is 0.411 e. The van der Waals surface area contributed by atoms with Crippen LogP contribution in [0.1, 0.15) is 61.3 Å². The van der Waals surface area contributed by atoms with Gasteiger partial charge in [0.1, 0.15) is 0 Å². The standard InChI is InChI=1S/C14H27NO/c1-11(2)9-8-10-12(15-16)14(6,7)13(3,4)5/h9,16H,8,10H2,1-7H3/b15-12+. The molecular formula is C14H27NO. The zero-order valence-electron chi connectivity index (χ0n) is 11.9. The molecule has 0 atom stereocenters. The fourth-order valence-electron chi connectivity index (χ4n) is 1.42. The molecule has 2 heteroatoms. The number of rotatable bonds is 4. The van der Waals surface area contributed by atoms with Crippen LogP contribution in [0.25, 0.3) is 0 Å². The van der Waals surface area contributed by atoms with Crippen LogP contribution in [-0.4, -0.2) is 10.9 Å². The van der Waals surface area contributed by atoms with E-state index in [0.717, 1.165) is 18.6 Å². The summed E-state index contributed by atoms with van der Waals surface area (Å²) in [6.07, 6.45) is 3.96. The molecular weight excluding hydrogens is 198 g/mol. The second-order valence-electron chi connectivity index (χ2n) is 6.24. The third kappa shape index (κ3) is 3.99. The molecule has 0 aliphatic rings. The molecule has 16 heavy (non-hydrogen) atoms. The maximum Gasteiger partial charge on any atom is 0.0635 e. The maximum absolute atomic E-state index is 9.16. The number of nitrogens with zero attached hydrogens (tertiary/aromatic N) is 1. The summed E-state index contributed by atoms with van der Waals surface area (Å²) in [5.41, 5.74) is 2.21. The van der Waals surface area contributed by atoms with Gasteiger partial charge in [-0.25, -0.2) is 0 Å². The van der Waals surface area contributed by atoms with Crippen LogP contribution in [0.3, 0.4) is 0 Å². The van der Waals surface area contributed by atoms with E-state index in [9.17, 15) is 0 Å². The van der Waals surface area contributed by atoms with Gasteiger partial charge in [-0.1, -0.05) is 51.4 Å². The Labute approximate surface area is 100 Å². The molecule has 0 saturated carbocycles. The Morgan fingerprint density at radius 2 is 1.62 bits per heavy atom. The predicted molar refractivity (Wildman–Crippen MR) is 71.1 cm³/mol. The van der Waals surface area contributed by atoms with Gasteiger partial charge in [0, 0.05) is 5.41 Å². The van der Waals surface area contributed by atoms with Crippen molar-refractivity contribution in [3.8, 4) is 0 Å². The van der Waals surface area contributed by atoms with Gasteiger partial charge in [0.25, 0.3) is 0 Å². The number of hydrogen-bond acceptors (Lipinski definition) is 2. The molecule has 0 aliphatic carbocycles. The van der Waals surface area contributed by atoms with E-state index in [1.165, 1.54) is 5.57 Å². The van der Waals surface area contributed by atoms with Crippen LogP contribution in [0, 0.1) is 10.8 Å². The highest BCUT2D eigenvalue weighted by molar-refractivity contribution is 5.89. The van der Waals surface area contributed by atoms with E-state index in [-0.39, 0.29) is 10.8 Å². The van der Waals surface area contributed by atoms with Gasteiger partial charge in [-0.2, -0.15) is 0 Å². The maximum atomic E-state index is 9.16. The summed E-state index contributed by atoms with van der Waals surface area (Å²) in [4.78, 5) is 0. The van der Waals surface area contributed by atoms with Crippen molar-refractivity contribution in [1.82, 2.24) is 0 Å². The van der Waals surface area contributed by atoms with Crippen molar-refractivity contribution in [1.29, 1.82) is 0 Å². The van der Waals surface area contributed by atoms with Crippen molar-refractivity contribution in [2.45, 2.75) is 61.3 Å². The quantitative estimate of drug-likeness (QED) is 0.321. The highest BCUT2D eigenvalue weighted by Crippen LogP contribution is 2.40. The first-order chi connectivity index (χ1) is 7.13. The molecule has 94 valence electrons. The molecule has 2 nitrogen and oxygen atoms in total. The Morgan fingerprint density at radius 3 is 1.94 bits per heavy atom. The SMILES string of the molecule is CC(C)=CCC/C(=N\O)C(C)(C)C(C)(C)C. The van der Waals surface area contributed by atoms with Crippen LogP contribution in [0.2, 0.25) is 0 Å². The fraction of sp³-hybridized carbons (Fsp3) is 0.786. The van der Waals surface area contributed by atoms with Gasteiger partial charge in [-0.05, 0) is 32.1 Å². The Hall–Kier alpha value is -0.790. The van der Waals surface area contributed by atoms with Crippen LogP contribution in [-0.2, 0) is 0 Å². The number of hydrogen-bond donors (Lipinski definition) is 1. The zero-order chi connectivity index (χ0) is 13.0. The average molecular weight is 225 g/mol. The lowest BCUT2D eigenvalue weighted by Crippen LogP contribution is -2.37. The Balaban J connectivity index is 4.71. The molecule has 0 fully saturated rings. The topological polar surface area (TPSA) is 32.6 Å². The van der Waals surface area contributed by atoms with Gasteiger partial charge in [-0.15, -0.1) is 0 Å². The minimum absolute atomic E-state index is 0.0861. The molecule has 1 N–H and O–H groups in total. The Morgan fingerprint density at radius 1 is 1.12 bits per heavy atom. The van der Waals surface area contributed by atoms with E-state index in [2.05, 4.69) is 59.7 Å². The summed E-state index contributed by atoms with van der Waals surface area (Å²) in [5, 5.41) is 12.7. The van der Waals surface area contributed by atoms with Gasteiger partial charge < -0.3 is 5.21 Å². The second kappa shape index (κ2) is 5.51. The van der Waals surface area contributed by atoms with Crippen molar-refractivity contribution in [2.24, 2.45) is 16.0 Å². The minimum Gasteiger partial charge on any atom is -0.411 e. The summed E-state index contributed by atoms with van der Waals surface area (Å²) in [5.74, 6) is 0. The van der Waals surface area contributed by atoms with Gasteiger partial charge in [0.05, 0.1) is 5.71 Å². The molecule has 0 spiro atoms. The summed E-state index contributed by atoms with van der Waals surface area (Å²) in [7, 11) is 0. The number of allylic oxidation sites excluding steroid dienone is 2. The Kier molecular flexibility index (Phi) is 5.24. The highest BCUT2D eigenvalue weighted by atomic mass is 16.4. The lowest BCUT2D eigenvalue weighted by Gasteiger charge is -2.39. The van der Waals surface area contributed by atoms with Crippen LogP contribution in [0.5, 0.6) is 0 Å². The molecule has 0 saturated heterocycles. The smallest absolute Gasteiger partial charge is 0.0635 e. The van der Waals surface area contributed by atoms with E-state index in [1.54, 1.807) is 0 Å². The van der Waals surface area contributed by atoms with Crippen LogP contribution < -0.4 is 0 Å². The van der Waals surface area contributed by atoms with Crippen LogP contribution in [0.15, 0.2) is 16.8 Å². The number of oxime groups is 1. The molecule has 0 radical (unpaired) electrons. The first kappa shape index (κ1) is 15.2. The van der Waals surface area contributed by atoms with Crippen molar-refractivity contribution in [3.63, 3.8) is 0 Å². The minimum atomic E-state index is -0.0861. The lowest BCUT2D eigenvalue weighted by molar-refractivity contribution is 0.201. The predicted octanol–water partition coefficient (Wildman–Crippen LogP) is 4.64. The normalized spacial score (nSPS) is 13.8. The van der Waals surface area contributed by atoms with E-state index < -0.39 is 0 Å². The van der Waals surface area contributed by atoms with E-state index in [1.807, 2.05) is 0 Å². The average Bonchev–Trinajstić information content (AvgIpc) is 2.09. The molecule has 0 rings (SSSR count). The third-order valence-electron chi connectivity index (χ3n) is 3.65. The van der Waals surface area contributed by atoms with Gasteiger partial charge >= 0.3 is 0 Å². The molecule has 0 aromatic rings. The van der Waals surface area contributed by atoms with Crippen molar-refractivity contribution < 1.29 is 5.21 Å². The summed E-state index contributed by atoms with van der Waals surface area (Å²) in [6.45, 7) is 15.0. The first-order valence-corrected chi connectivity index (χ1v) is 5.97. The highest BCUT2D eigenvalue weighted by Gasteiger charge is 2.37. The molecule has 0 aromatic heterocycles. The summed E-state index contributed by atoms with van der Waals surface area (Å²) < 4.78 is 0. The lowest BCUT2D eigenvalue weighted by atomic mass is 9.65. The van der Waals surface area contributed by atoms with Gasteiger partial charge in [0.15, 0.2) is 0 Å². The summed E-state index contributed by atoms with van der Waals surface area (Å²) in [6, 6.07) is 0. The van der Waals surface area contributed by atoms with Gasteiger partial charge in [-0.3, -0.25) is 0 Å². The van der Waals surface area contributed by atoms with Crippen molar-refractivity contribution >= 4 is 5.71 Å². The van der Waals surface area contributed by atoms with E-state index >= 15 is 0 Å². The molecule has 0 aromatic carbocycles. The third-order valence-corrected chi connectivity index (χ3v) is 3.65. The molecule has 0 bridgehead atoms. The summed E-state index contributed by atoms with van der Waals surface area (Å²) >= 11 is 0. The molecule has 0 unspecified atom stereocenters. The Bertz CT molecular complexity index is 276. The van der Waals surface area contributed by atoms with Gasteiger partial charge in [0.2, 0.25) is 0 Å². The first-order valence-electron chi connectivity index (χ1n) is 5.97. The fourth-order valence-corrected chi connectivity index (χ4v) is 1.42. The monoisotopic (exact) mass is 225 g/mol. The molecule has 0 amide bonds. The molecule has 0 heterocycles. The van der Waals surface area contributed by atoms with Crippen LogP contribution in [0.4, 0.5) is 0 Å². The van der Waals surface area contributed by atoms with Crippen LogP contribution >= 0.6 is 0 Å². The molecule has 0 aliphatic heterocycles. The van der Waals surface area contributed by atoms with E-state index in [4.69, 9.17) is 5.21 Å². The van der Waals surface area contributed by atoms with Crippen molar-refractivity contribution in [2.75, 3.05) is 0 Å². The van der Waals surface area contributed by atoms with E-state index in [0.29, 0.717) is 0 Å². The second-order valence-corrected chi connectivity index (χ2v) is 6.24. The van der Waals surface area contributed by atoms with Crippen molar-refractivity contribution in [3.05, 3.63) is 11.6 Å².